The number of alkyl halides is 10. The zero-order chi connectivity index (χ0) is 21.5. The molecule has 0 spiro atoms. The lowest BCUT2D eigenvalue weighted by Gasteiger charge is -2.43. The number of hydrogen-bond acceptors (Lipinski definition) is 1. The Hall–Kier alpha value is -1.50. The second-order valence-electron chi connectivity index (χ2n) is 5.24. The van der Waals surface area contributed by atoms with Crippen LogP contribution in [0.5, 0.6) is 0 Å². The number of halogens is 13. The minimum absolute atomic E-state index is 2.58. The van der Waals surface area contributed by atoms with E-state index in [0.717, 1.165) is 0 Å². The van der Waals surface area contributed by atoms with E-state index < -0.39 is 68.1 Å². The third-order valence-corrected chi connectivity index (χ3v) is 4.42. The number of rotatable bonds is 2. The summed E-state index contributed by atoms with van der Waals surface area (Å²) < 4.78 is 147. The molecule has 0 saturated carbocycles. The Morgan fingerprint density at radius 2 is 1.07 bits per heavy atom. The number of carboxylic acids is 1. The van der Waals surface area contributed by atoms with Gasteiger partial charge in [0, 0.05) is 0 Å². The summed E-state index contributed by atoms with van der Waals surface area (Å²) in [5.74, 6) is -39.4. The monoisotopic (exact) mass is 456 g/mol. The molecule has 1 aliphatic rings. The molecule has 27 heavy (non-hydrogen) atoms. The smallest absolute Gasteiger partial charge is 0.383 e. The molecule has 0 fully saturated rings. The van der Waals surface area contributed by atoms with Crippen molar-refractivity contribution in [3.05, 3.63) is 34.1 Å². The third-order valence-electron chi connectivity index (χ3n) is 3.71. The zero-order valence-electron chi connectivity index (χ0n) is 11.8. The molecule has 152 valence electrons. The molecule has 0 radical (unpaired) electrons. The van der Waals surface area contributed by atoms with Crippen molar-refractivity contribution in [3.63, 3.8) is 0 Å². The fourth-order valence-electron chi connectivity index (χ4n) is 2.34. The van der Waals surface area contributed by atoms with Gasteiger partial charge in [0.05, 0.1) is 16.7 Å². The summed E-state index contributed by atoms with van der Waals surface area (Å²) in [5, 5.41) is 8.63. The predicted molar refractivity (Wildman–Crippen MR) is 65.0 cm³/mol. The number of benzene rings is 1. The maximum Gasteiger partial charge on any atom is 0.383 e. The normalized spacial score (nSPS) is 22.3. The summed E-state index contributed by atoms with van der Waals surface area (Å²) in [4.78, 5) is 10.8. The van der Waals surface area contributed by atoms with Gasteiger partial charge in [0.15, 0.2) is 11.6 Å². The van der Waals surface area contributed by atoms with Gasteiger partial charge in [-0.15, -0.1) is 0 Å². The van der Waals surface area contributed by atoms with E-state index in [9.17, 15) is 53.1 Å². The lowest BCUT2D eigenvalue weighted by atomic mass is 9.78. The lowest BCUT2D eigenvalue weighted by molar-refractivity contribution is -0.387. The van der Waals surface area contributed by atoms with Crippen LogP contribution in [0.2, 0.25) is 0 Å². The van der Waals surface area contributed by atoms with Gasteiger partial charge in [0.25, 0.3) is 0 Å². The molecule has 0 amide bonds. The Bertz CT molecular complexity index is 850. The highest BCUT2D eigenvalue weighted by Crippen LogP contribution is 2.66. The SMILES string of the molecule is O=C(O)C(Cl)(Cl)c1c(F)c(F)c2c(c1F)C(F)(F)C(F)(F)C(F)(F)C2(F)F. The molecule has 1 aromatic carbocycles. The minimum atomic E-state index is -7.00. The summed E-state index contributed by atoms with van der Waals surface area (Å²) >= 11 is 9.93. The largest absolute Gasteiger partial charge is 0.479 e. The molecule has 2 rings (SSSR count). The highest BCUT2D eigenvalue weighted by Gasteiger charge is 2.86. The molecular weight excluding hydrogens is 456 g/mol. The van der Waals surface area contributed by atoms with Crippen molar-refractivity contribution in [1.82, 2.24) is 0 Å². The molecular formula is C12HCl2F11O2. The summed E-state index contributed by atoms with van der Waals surface area (Å²) in [6, 6.07) is 0. The molecule has 1 aromatic rings. The predicted octanol–water partition coefficient (Wildman–Crippen LogP) is 5.29. The van der Waals surface area contributed by atoms with Crippen LogP contribution in [0.1, 0.15) is 16.7 Å². The molecule has 0 unspecified atom stereocenters. The first-order valence-corrected chi connectivity index (χ1v) is 6.89. The number of hydrogen-bond donors (Lipinski definition) is 1. The number of carboxylic acid groups (broad SMARTS) is 1. The van der Waals surface area contributed by atoms with Gasteiger partial charge in [-0.05, 0) is 0 Å². The Morgan fingerprint density at radius 1 is 0.741 bits per heavy atom. The van der Waals surface area contributed by atoms with E-state index in [2.05, 4.69) is 0 Å². The molecule has 0 bridgehead atoms. The molecule has 1 N–H and O–H groups in total. The average Bonchev–Trinajstić information content (AvgIpc) is 2.48. The lowest BCUT2D eigenvalue weighted by Crippen LogP contribution is -2.64. The maximum absolute atomic E-state index is 14.3. The Kier molecular flexibility index (Phi) is 4.46. The molecule has 15 heteroatoms. The highest BCUT2D eigenvalue weighted by atomic mass is 35.5. The molecule has 0 aromatic heterocycles. The second-order valence-corrected chi connectivity index (χ2v) is 6.57. The minimum Gasteiger partial charge on any atom is -0.479 e. The average molecular weight is 457 g/mol. The van der Waals surface area contributed by atoms with E-state index in [1.54, 1.807) is 0 Å². The fraction of sp³-hybridized carbons (Fsp3) is 0.417. The van der Waals surface area contributed by atoms with Gasteiger partial charge >= 0.3 is 29.7 Å². The van der Waals surface area contributed by atoms with Crippen LogP contribution in [0.15, 0.2) is 0 Å². The van der Waals surface area contributed by atoms with E-state index in [1.807, 2.05) is 0 Å². The Balaban J connectivity index is 3.16. The summed E-state index contributed by atoms with van der Waals surface area (Å²) in [6.45, 7) is 0. The fourth-order valence-corrected chi connectivity index (χ4v) is 2.67. The van der Waals surface area contributed by atoms with Crippen molar-refractivity contribution in [2.45, 2.75) is 28.0 Å². The molecule has 0 heterocycles. The molecule has 0 aliphatic heterocycles. The quantitative estimate of drug-likeness (QED) is 0.373. The van der Waals surface area contributed by atoms with E-state index >= 15 is 0 Å². The van der Waals surface area contributed by atoms with Crippen LogP contribution < -0.4 is 0 Å². The van der Waals surface area contributed by atoms with Crippen LogP contribution >= 0.6 is 23.2 Å². The van der Waals surface area contributed by atoms with E-state index in [1.165, 1.54) is 0 Å². The van der Waals surface area contributed by atoms with Crippen molar-refractivity contribution in [1.29, 1.82) is 0 Å². The van der Waals surface area contributed by atoms with Gasteiger partial charge < -0.3 is 5.11 Å². The first kappa shape index (κ1) is 21.8. The van der Waals surface area contributed by atoms with Crippen molar-refractivity contribution in [2.24, 2.45) is 0 Å². The van der Waals surface area contributed by atoms with Gasteiger partial charge in [0.2, 0.25) is 4.33 Å². The topological polar surface area (TPSA) is 37.3 Å². The highest BCUT2D eigenvalue weighted by molar-refractivity contribution is 6.56. The maximum atomic E-state index is 14.3. The van der Waals surface area contributed by atoms with Crippen LogP contribution in [0, 0.1) is 17.5 Å². The van der Waals surface area contributed by atoms with Crippen molar-refractivity contribution in [2.75, 3.05) is 0 Å². The van der Waals surface area contributed by atoms with Gasteiger partial charge in [-0.1, -0.05) is 23.2 Å². The Labute approximate surface area is 150 Å². The van der Waals surface area contributed by atoms with Crippen LogP contribution in [-0.2, 0) is 21.0 Å². The first-order chi connectivity index (χ1) is 11.8. The zero-order valence-corrected chi connectivity index (χ0v) is 13.3. The standard InChI is InChI=1S/C12HCl2F11O2/c13-8(14,7(26)27)3-4(15)1-2(5(16)6(3)17)10(20,21)12(24,25)11(22,23)9(1,18)19/h(H,26,27). The molecule has 1 aliphatic carbocycles. The van der Waals surface area contributed by atoms with Crippen molar-refractivity contribution >= 4 is 29.2 Å². The van der Waals surface area contributed by atoms with Gasteiger partial charge in [-0.3, -0.25) is 0 Å². The van der Waals surface area contributed by atoms with Crippen LogP contribution in [0.25, 0.3) is 0 Å². The summed E-state index contributed by atoms with van der Waals surface area (Å²) in [5.41, 5.74) is -9.40. The van der Waals surface area contributed by atoms with E-state index in [4.69, 9.17) is 28.3 Å². The van der Waals surface area contributed by atoms with Crippen LogP contribution in [-0.4, -0.2) is 22.9 Å². The van der Waals surface area contributed by atoms with E-state index in [-0.39, 0.29) is 0 Å². The molecule has 0 saturated heterocycles. The second kappa shape index (κ2) is 5.52. The van der Waals surface area contributed by atoms with Crippen molar-refractivity contribution in [3.8, 4) is 0 Å². The van der Waals surface area contributed by atoms with Gasteiger partial charge in [-0.25, -0.2) is 18.0 Å². The summed E-state index contributed by atoms with van der Waals surface area (Å²) in [6.07, 6.45) is 0. The number of aliphatic carboxylic acids is 1. The molecule has 0 atom stereocenters. The van der Waals surface area contributed by atoms with Crippen LogP contribution in [0.3, 0.4) is 0 Å². The number of fused-ring (bicyclic) bond motifs is 1. The summed E-state index contributed by atoms with van der Waals surface area (Å²) in [7, 11) is 0. The van der Waals surface area contributed by atoms with Crippen molar-refractivity contribution < 1.29 is 58.2 Å². The van der Waals surface area contributed by atoms with Gasteiger partial charge in [0.1, 0.15) is 5.82 Å². The molecule has 2 nitrogen and oxygen atoms in total. The van der Waals surface area contributed by atoms with E-state index in [0.29, 0.717) is 0 Å². The van der Waals surface area contributed by atoms with Gasteiger partial charge in [-0.2, -0.15) is 35.1 Å². The third kappa shape index (κ3) is 2.30. The number of carbonyl (C=O) groups is 1. The first-order valence-electron chi connectivity index (χ1n) is 6.13. The van der Waals surface area contributed by atoms with Crippen LogP contribution in [0.4, 0.5) is 48.3 Å². The Morgan fingerprint density at radius 3 is 1.41 bits per heavy atom.